The molecule has 0 aliphatic heterocycles. The molecule has 4 aromatic heterocycles. The third-order valence-electron chi connectivity index (χ3n) is 7.44. The molecule has 4 heterocycles. The zero-order chi connectivity index (χ0) is 32.2. The summed E-state index contributed by atoms with van der Waals surface area (Å²) in [6.45, 7) is 1.62. The number of hydrogen-bond acceptors (Lipinski definition) is 7. The highest BCUT2D eigenvalue weighted by atomic mass is 19.1. The zero-order valence-electron chi connectivity index (χ0n) is 24.7. The van der Waals surface area contributed by atoms with Crippen LogP contribution in [0.2, 0.25) is 0 Å². The topological polar surface area (TPSA) is 145 Å². The second-order valence-electron chi connectivity index (χ2n) is 10.4. The smallest absolute Gasteiger partial charge is 0.326 e. The minimum Gasteiger partial charge on any atom is -0.398 e. The van der Waals surface area contributed by atoms with Crippen molar-refractivity contribution in [2.45, 2.75) is 6.92 Å². The molecule has 0 atom stereocenters. The minimum absolute atomic E-state index is 0.105. The first-order chi connectivity index (χ1) is 22.3. The molecule has 2 aromatic carbocycles. The Morgan fingerprint density at radius 1 is 0.783 bits per heavy atom. The van der Waals surface area contributed by atoms with E-state index < -0.39 is 11.9 Å². The highest BCUT2D eigenvalue weighted by Gasteiger charge is 2.21. The summed E-state index contributed by atoms with van der Waals surface area (Å²) < 4.78 is 15.0. The van der Waals surface area contributed by atoms with E-state index in [1.54, 1.807) is 73.2 Å². The van der Waals surface area contributed by atoms with Crippen LogP contribution in [0.3, 0.4) is 0 Å². The molecule has 46 heavy (non-hydrogen) atoms. The Hall–Kier alpha value is -6.23. The third-order valence-corrected chi connectivity index (χ3v) is 7.44. The maximum atomic E-state index is 13.6. The highest BCUT2D eigenvalue weighted by Crippen LogP contribution is 2.31. The number of fused-ring (bicyclic) bond motifs is 3. The van der Waals surface area contributed by atoms with E-state index in [9.17, 15) is 18.8 Å². The number of aromatic nitrogens is 4. The number of nitrogens with one attached hydrogen (secondary N) is 2. The zero-order valence-corrected chi connectivity index (χ0v) is 24.7. The number of ketones is 1. The average Bonchev–Trinajstić information content (AvgIpc) is 3.42. The normalized spacial score (nSPS) is 11.7. The van der Waals surface area contributed by atoms with Gasteiger partial charge in [-0.1, -0.05) is 24.3 Å². The predicted molar refractivity (Wildman–Crippen MR) is 173 cm³/mol. The molecule has 4 N–H and O–H groups in total. The maximum Gasteiger partial charge on any atom is 0.326 e. The molecule has 0 unspecified atom stereocenters. The summed E-state index contributed by atoms with van der Waals surface area (Å²) in [6.07, 6.45) is 4.79. The summed E-state index contributed by atoms with van der Waals surface area (Å²) in [5.41, 5.74) is 10.6. The van der Waals surface area contributed by atoms with Gasteiger partial charge in [-0.25, -0.2) is 14.2 Å². The van der Waals surface area contributed by atoms with Gasteiger partial charge >= 0.3 is 6.03 Å². The van der Waals surface area contributed by atoms with Gasteiger partial charge in [0.05, 0.1) is 16.7 Å². The molecule has 0 aliphatic rings. The van der Waals surface area contributed by atoms with Gasteiger partial charge in [0.1, 0.15) is 17.2 Å². The standard InChI is InChI=1S/C35H28FN7O3/c1-21(44)32-33-26(15-18-39-32)25-5-2-3-8-29(25)43(33)35(46)41-20-19-40-34(45)28-7-4-6-27(42-28)30(22-13-16-38-17-14-22)31(37)23-9-11-24(36)12-10-23/h2-18H,19-20,37H2,1H3,(H,40,45)(H,41,46)/b31-30-. The Morgan fingerprint density at radius 2 is 1.50 bits per heavy atom. The lowest BCUT2D eigenvalue weighted by atomic mass is 9.97. The fourth-order valence-corrected chi connectivity index (χ4v) is 5.33. The number of para-hydroxylation sites is 1. The van der Waals surface area contributed by atoms with Gasteiger partial charge in [-0.3, -0.25) is 24.1 Å². The lowest BCUT2D eigenvalue weighted by Gasteiger charge is -2.14. The van der Waals surface area contributed by atoms with Crippen LogP contribution >= 0.6 is 0 Å². The molecule has 6 rings (SSSR count). The van der Waals surface area contributed by atoms with Crippen LogP contribution in [0.25, 0.3) is 33.1 Å². The number of nitrogens with two attached hydrogens (primary N) is 1. The highest BCUT2D eigenvalue weighted by molar-refractivity contribution is 6.18. The van der Waals surface area contributed by atoms with Gasteiger partial charge in [0, 0.05) is 60.6 Å². The van der Waals surface area contributed by atoms with Crippen molar-refractivity contribution < 1.29 is 18.8 Å². The van der Waals surface area contributed by atoms with Crippen molar-refractivity contribution in [1.29, 1.82) is 0 Å². The average molecular weight is 614 g/mol. The molecule has 2 amide bonds. The van der Waals surface area contributed by atoms with Crippen molar-refractivity contribution in [3.8, 4) is 0 Å². The number of halogens is 1. The molecule has 0 fully saturated rings. The van der Waals surface area contributed by atoms with Crippen LogP contribution in [0.1, 0.15) is 44.7 Å². The molecular weight excluding hydrogens is 585 g/mol. The van der Waals surface area contributed by atoms with Gasteiger partial charge in [-0.15, -0.1) is 0 Å². The Bertz CT molecular complexity index is 2140. The fraction of sp³-hybridized carbons (Fsp3) is 0.0857. The number of rotatable bonds is 8. The van der Waals surface area contributed by atoms with Crippen LogP contribution in [0.15, 0.2) is 104 Å². The summed E-state index contributed by atoms with van der Waals surface area (Å²) in [7, 11) is 0. The second-order valence-corrected chi connectivity index (χ2v) is 10.4. The molecule has 0 bridgehead atoms. The van der Waals surface area contributed by atoms with E-state index in [1.165, 1.54) is 23.6 Å². The third kappa shape index (κ3) is 5.81. The van der Waals surface area contributed by atoms with Crippen molar-refractivity contribution in [2.75, 3.05) is 13.1 Å². The van der Waals surface area contributed by atoms with E-state index in [0.717, 1.165) is 16.3 Å². The lowest BCUT2D eigenvalue weighted by Crippen LogP contribution is -2.37. The fourth-order valence-electron chi connectivity index (χ4n) is 5.33. The number of hydrogen-bond donors (Lipinski definition) is 3. The number of nitrogens with zero attached hydrogens (tertiary/aromatic N) is 4. The second kappa shape index (κ2) is 12.8. The van der Waals surface area contributed by atoms with Gasteiger partial charge in [0.2, 0.25) is 0 Å². The Kier molecular flexibility index (Phi) is 8.29. The first kappa shape index (κ1) is 29.8. The Balaban J connectivity index is 1.20. The number of benzene rings is 2. The number of carbonyl (C=O) groups excluding carboxylic acids is 3. The number of carbonyl (C=O) groups is 3. The van der Waals surface area contributed by atoms with Gasteiger partial charge in [-0.05, 0) is 71.8 Å². The van der Waals surface area contributed by atoms with Crippen LogP contribution < -0.4 is 16.4 Å². The molecule has 228 valence electrons. The van der Waals surface area contributed by atoms with Crippen molar-refractivity contribution in [2.24, 2.45) is 5.73 Å². The Morgan fingerprint density at radius 3 is 2.26 bits per heavy atom. The van der Waals surface area contributed by atoms with E-state index >= 15 is 0 Å². The number of pyridine rings is 3. The quantitative estimate of drug-likeness (QED) is 0.158. The maximum absolute atomic E-state index is 13.6. The number of amides is 2. The van der Waals surface area contributed by atoms with Crippen molar-refractivity contribution >= 4 is 50.8 Å². The van der Waals surface area contributed by atoms with E-state index in [-0.39, 0.29) is 36.1 Å². The molecule has 10 nitrogen and oxygen atoms in total. The van der Waals surface area contributed by atoms with Gasteiger partial charge in [-0.2, -0.15) is 0 Å². The molecular formula is C35H28FN7O3. The molecule has 11 heteroatoms. The first-order valence-corrected chi connectivity index (χ1v) is 14.4. The molecule has 0 saturated heterocycles. The summed E-state index contributed by atoms with van der Waals surface area (Å²) in [5.74, 6) is -1.10. The largest absolute Gasteiger partial charge is 0.398 e. The summed E-state index contributed by atoms with van der Waals surface area (Å²) in [4.78, 5) is 51.8. The first-order valence-electron chi connectivity index (χ1n) is 14.4. The van der Waals surface area contributed by atoms with Gasteiger partial charge in [0.25, 0.3) is 5.91 Å². The summed E-state index contributed by atoms with van der Waals surface area (Å²) in [5, 5.41) is 7.17. The molecule has 0 aliphatic carbocycles. The minimum atomic E-state index is -0.459. The summed E-state index contributed by atoms with van der Waals surface area (Å²) in [6, 6.07) is 23.0. The molecule has 0 saturated carbocycles. The summed E-state index contributed by atoms with van der Waals surface area (Å²) >= 11 is 0. The van der Waals surface area contributed by atoms with Crippen molar-refractivity contribution in [1.82, 2.24) is 30.2 Å². The lowest BCUT2D eigenvalue weighted by molar-refractivity contribution is 0.0947. The van der Waals surface area contributed by atoms with Crippen LogP contribution in [-0.4, -0.2) is 50.3 Å². The molecule has 6 aromatic rings. The molecule has 0 spiro atoms. The SMILES string of the molecule is CC(=O)c1nccc2c3ccccc3n(C(=O)NCCNC(=O)c3cccc(/C(=C(\N)c4ccc(F)cc4)c4ccncc4)n3)c12. The van der Waals surface area contributed by atoms with E-state index in [1.807, 2.05) is 18.2 Å². The van der Waals surface area contributed by atoms with E-state index in [0.29, 0.717) is 33.6 Å². The van der Waals surface area contributed by atoms with Crippen LogP contribution in [0.5, 0.6) is 0 Å². The van der Waals surface area contributed by atoms with Gasteiger partial charge in [0.15, 0.2) is 5.78 Å². The predicted octanol–water partition coefficient (Wildman–Crippen LogP) is 5.18. The van der Waals surface area contributed by atoms with Crippen LogP contribution in [0.4, 0.5) is 9.18 Å². The van der Waals surface area contributed by atoms with E-state index in [2.05, 4.69) is 25.6 Å². The van der Waals surface area contributed by atoms with Crippen molar-refractivity contribution in [3.05, 3.63) is 138 Å². The van der Waals surface area contributed by atoms with E-state index in [4.69, 9.17) is 5.73 Å². The van der Waals surface area contributed by atoms with Crippen LogP contribution in [-0.2, 0) is 0 Å². The number of Topliss-reactive ketones (excluding diaryl/α,β-unsaturated/α-hetero) is 1. The van der Waals surface area contributed by atoms with Crippen LogP contribution in [0, 0.1) is 5.82 Å². The monoisotopic (exact) mass is 613 g/mol. The molecule has 0 radical (unpaired) electrons. The Labute approximate surface area is 262 Å². The van der Waals surface area contributed by atoms with Gasteiger partial charge < -0.3 is 16.4 Å². The van der Waals surface area contributed by atoms with Crippen molar-refractivity contribution in [3.63, 3.8) is 0 Å².